The van der Waals surface area contributed by atoms with Crippen LogP contribution in [-0.2, 0) is 4.79 Å². The summed E-state index contributed by atoms with van der Waals surface area (Å²) in [6.45, 7) is 4.09. The van der Waals surface area contributed by atoms with Crippen LogP contribution < -0.4 is 5.32 Å². The van der Waals surface area contributed by atoms with Crippen molar-refractivity contribution in [3.8, 4) is 11.1 Å². The van der Waals surface area contributed by atoms with Crippen LogP contribution in [0.5, 0.6) is 0 Å². The molecule has 145 valence electrons. The molecule has 1 aliphatic heterocycles. The van der Waals surface area contributed by atoms with Crippen LogP contribution in [0.15, 0.2) is 42.2 Å². The maximum Gasteiger partial charge on any atom is 0.256 e. The summed E-state index contributed by atoms with van der Waals surface area (Å²) in [7, 11) is 0. The maximum absolute atomic E-state index is 12.8. The summed E-state index contributed by atoms with van der Waals surface area (Å²) < 4.78 is 0. The molecule has 1 spiro atoms. The standard InChI is InChI=1S/C23H22Cl2NO2/c1-13-7-9-23(10-8-13)21(27)20(22(28)26-23)17-12-19(25)18(11-14(17)2)15-3-5-16(24)6-4-15/h3-7,11-13,27H,8-10H2,1-2H3,(H,26,28). The average molecular weight is 415 g/mol. The Hall–Kier alpha value is -1.97. The minimum atomic E-state index is -0.674. The number of rotatable bonds is 2. The van der Waals surface area contributed by atoms with Gasteiger partial charge in [0.25, 0.3) is 5.91 Å². The second-order valence-corrected chi connectivity index (χ2v) is 8.71. The van der Waals surface area contributed by atoms with Gasteiger partial charge in [-0.25, -0.2) is 0 Å². The van der Waals surface area contributed by atoms with Gasteiger partial charge in [-0.15, -0.1) is 0 Å². The molecule has 2 aromatic rings. The van der Waals surface area contributed by atoms with Gasteiger partial charge < -0.3 is 10.4 Å². The van der Waals surface area contributed by atoms with Crippen molar-refractivity contribution in [1.29, 1.82) is 0 Å². The number of aliphatic hydroxyl groups is 1. The molecule has 2 aliphatic rings. The summed E-state index contributed by atoms with van der Waals surface area (Å²) in [6, 6.07) is 11.2. The highest BCUT2D eigenvalue weighted by atomic mass is 35.5. The highest BCUT2D eigenvalue weighted by molar-refractivity contribution is 6.34. The van der Waals surface area contributed by atoms with E-state index in [0.717, 1.165) is 29.5 Å². The van der Waals surface area contributed by atoms with Gasteiger partial charge in [0.1, 0.15) is 5.76 Å². The minimum absolute atomic E-state index is 0.138. The second kappa shape index (κ2) is 7.13. The fourth-order valence-corrected chi connectivity index (χ4v) is 4.56. The van der Waals surface area contributed by atoms with E-state index in [2.05, 4.69) is 18.7 Å². The third-order valence-corrected chi connectivity index (χ3v) is 6.47. The van der Waals surface area contributed by atoms with Gasteiger partial charge in [-0.05, 0) is 79.5 Å². The molecule has 0 aromatic heterocycles. The summed E-state index contributed by atoms with van der Waals surface area (Å²) in [5.74, 6) is 0.395. The highest BCUT2D eigenvalue weighted by Gasteiger charge is 2.47. The van der Waals surface area contributed by atoms with E-state index >= 15 is 0 Å². The van der Waals surface area contributed by atoms with Crippen LogP contribution in [0.2, 0.25) is 10.0 Å². The van der Waals surface area contributed by atoms with E-state index in [-0.39, 0.29) is 11.7 Å². The Morgan fingerprint density at radius 2 is 1.86 bits per heavy atom. The lowest BCUT2D eigenvalue weighted by Gasteiger charge is -2.35. The van der Waals surface area contributed by atoms with Crippen LogP contribution in [-0.4, -0.2) is 16.6 Å². The van der Waals surface area contributed by atoms with Gasteiger partial charge >= 0.3 is 0 Å². The van der Waals surface area contributed by atoms with Crippen molar-refractivity contribution >= 4 is 34.7 Å². The molecule has 0 saturated heterocycles. The number of aryl methyl sites for hydroxylation is 1. The summed E-state index contributed by atoms with van der Waals surface area (Å²) in [5, 5.41) is 15.3. The van der Waals surface area contributed by atoms with Crippen molar-refractivity contribution in [1.82, 2.24) is 5.32 Å². The summed E-state index contributed by atoms with van der Waals surface area (Å²) in [5.41, 5.74) is 3.04. The number of hydrogen-bond acceptors (Lipinski definition) is 2. The Labute approximate surface area is 175 Å². The molecule has 2 N–H and O–H groups in total. The third-order valence-electron chi connectivity index (χ3n) is 5.90. The first-order valence-electron chi connectivity index (χ1n) is 9.47. The Balaban J connectivity index is 1.77. The molecule has 2 atom stereocenters. The SMILES string of the molecule is Cc1cc(-c2ccc(Cl)cc2)c(Cl)cc1C1=C(O)C2(C[CH]C(C)CC2)NC1=O. The van der Waals surface area contributed by atoms with Crippen LogP contribution in [0, 0.1) is 19.3 Å². The summed E-state index contributed by atoms with van der Waals surface area (Å²) in [4.78, 5) is 12.8. The molecule has 28 heavy (non-hydrogen) atoms. The quantitative estimate of drug-likeness (QED) is 0.620. The first kappa shape index (κ1) is 19.4. The molecule has 1 radical (unpaired) electrons. The fourth-order valence-electron chi connectivity index (χ4n) is 4.16. The van der Waals surface area contributed by atoms with Crippen molar-refractivity contribution < 1.29 is 9.90 Å². The molecular formula is C23H22Cl2NO2. The van der Waals surface area contributed by atoms with Gasteiger partial charge in [0.15, 0.2) is 0 Å². The van der Waals surface area contributed by atoms with Gasteiger partial charge in [-0.2, -0.15) is 0 Å². The molecule has 2 aromatic carbocycles. The van der Waals surface area contributed by atoms with Crippen molar-refractivity contribution in [2.45, 2.75) is 38.6 Å². The summed E-state index contributed by atoms with van der Waals surface area (Å²) >= 11 is 12.6. The Morgan fingerprint density at radius 3 is 2.50 bits per heavy atom. The predicted molar refractivity (Wildman–Crippen MR) is 114 cm³/mol. The van der Waals surface area contributed by atoms with Gasteiger partial charge in [0.05, 0.1) is 11.1 Å². The number of halogens is 2. The summed E-state index contributed by atoms with van der Waals surface area (Å²) in [6.07, 6.45) is 4.49. The van der Waals surface area contributed by atoms with Crippen molar-refractivity contribution in [2.24, 2.45) is 5.92 Å². The number of benzene rings is 2. The largest absolute Gasteiger partial charge is 0.509 e. The molecule has 1 amide bonds. The van der Waals surface area contributed by atoms with Crippen LogP contribution in [0.4, 0.5) is 0 Å². The molecule has 3 nitrogen and oxygen atoms in total. The molecule has 1 heterocycles. The lowest BCUT2D eigenvalue weighted by molar-refractivity contribution is -0.116. The van der Waals surface area contributed by atoms with Crippen LogP contribution in [0.25, 0.3) is 16.7 Å². The van der Waals surface area contributed by atoms with E-state index in [1.165, 1.54) is 0 Å². The fraction of sp³-hybridized carbons (Fsp3) is 0.304. The van der Waals surface area contributed by atoms with Crippen molar-refractivity contribution in [3.63, 3.8) is 0 Å². The first-order chi connectivity index (χ1) is 13.3. The maximum atomic E-state index is 12.8. The zero-order chi connectivity index (χ0) is 20.1. The molecule has 0 bridgehead atoms. The number of aliphatic hydroxyl groups excluding tert-OH is 1. The molecule has 1 fully saturated rings. The lowest BCUT2D eigenvalue weighted by atomic mass is 9.76. The van der Waals surface area contributed by atoms with Crippen LogP contribution >= 0.6 is 23.2 Å². The van der Waals surface area contributed by atoms with E-state index in [1.807, 2.05) is 37.3 Å². The normalized spacial score (nSPS) is 24.7. The van der Waals surface area contributed by atoms with E-state index in [0.29, 0.717) is 33.5 Å². The lowest BCUT2D eigenvalue weighted by Crippen LogP contribution is -2.47. The van der Waals surface area contributed by atoms with Gasteiger partial charge in [-0.1, -0.05) is 42.3 Å². The predicted octanol–water partition coefficient (Wildman–Crippen LogP) is 6.13. The topological polar surface area (TPSA) is 49.3 Å². The smallest absolute Gasteiger partial charge is 0.256 e. The van der Waals surface area contributed by atoms with Crippen LogP contribution in [0.3, 0.4) is 0 Å². The van der Waals surface area contributed by atoms with Gasteiger partial charge in [0.2, 0.25) is 0 Å². The van der Waals surface area contributed by atoms with Gasteiger partial charge in [-0.3, -0.25) is 4.79 Å². The number of carbonyl (C=O) groups is 1. The average Bonchev–Trinajstić information content (AvgIpc) is 2.90. The zero-order valence-electron chi connectivity index (χ0n) is 15.9. The van der Waals surface area contributed by atoms with Crippen LogP contribution in [0.1, 0.15) is 37.3 Å². The van der Waals surface area contributed by atoms with Crippen molar-refractivity contribution in [2.75, 3.05) is 0 Å². The Kier molecular flexibility index (Phi) is 4.93. The van der Waals surface area contributed by atoms with Gasteiger partial charge in [0, 0.05) is 15.6 Å². The molecule has 1 saturated carbocycles. The molecule has 5 heteroatoms. The second-order valence-electron chi connectivity index (χ2n) is 7.87. The van der Waals surface area contributed by atoms with E-state index in [9.17, 15) is 9.90 Å². The molecular weight excluding hydrogens is 393 g/mol. The van der Waals surface area contributed by atoms with E-state index in [4.69, 9.17) is 23.2 Å². The number of nitrogens with one attached hydrogen (secondary N) is 1. The molecule has 4 rings (SSSR count). The monoisotopic (exact) mass is 414 g/mol. The minimum Gasteiger partial charge on any atom is -0.509 e. The Morgan fingerprint density at radius 1 is 1.14 bits per heavy atom. The number of carbonyl (C=O) groups excluding carboxylic acids is 1. The zero-order valence-corrected chi connectivity index (χ0v) is 17.4. The van der Waals surface area contributed by atoms with Crippen molar-refractivity contribution in [3.05, 3.63) is 69.8 Å². The first-order valence-corrected chi connectivity index (χ1v) is 10.2. The van der Waals surface area contributed by atoms with E-state index < -0.39 is 5.54 Å². The number of hydrogen-bond donors (Lipinski definition) is 2. The number of amides is 1. The third kappa shape index (κ3) is 3.21. The van der Waals surface area contributed by atoms with E-state index in [1.54, 1.807) is 6.07 Å². The Bertz CT molecular complexity index is 971. The molecule has 1 aliphatic carbocycles. The highest BCUT2D eigenvalue weighted by Crippen LogP contribution is 2.44. The molecule has 2 unspecified atom stereocenters.